The summed E-state index contributed by atoms with van der Waals surface area (Å²) in [6, 6.07) is -0.319. The number of carbonyl (C=O) groups excluding carboxylic acids is 1. The third-order valence-electron chi connectivity index (χ3n) is 1.47. The van der Waals surface area contributed by atoms with E-state index in [-0.39, 0.29) is 6.03 Å². The number of hydrogen-bond donors (Lipinski definition) is 1. The van der Waals surface area contributed by atoms with Crippen molar-refractivity contribution in [3.05, 3.63) is 9.66 Å². The molecule has 0 atom stereocenters. The molecule has 0 radical (unpaired) electrons. The minimum atomic E-state index is -0.319. The summed E-state index contributed by atoms with van der Waals surface area (Å²) in [5.41, 5.74) is 5.07. The summed E-state index contributed by atoms with van der Waals surface area (Å²) in [5.74, 6) is 0. The van der Waals surface area contributed by atoms with Crippen LogP contribution in [0.2, 0.25) is 0 Å². The highest BCUT2D eigenvalue weighted by atomic mass is 127. The van der Waals surface area contributed by atoms with Gasteiger partial charge < -0.3 is 10.6 Å². The quantitative estimate of drug-likeness (QED) is 0.644. The number of amides is 2. The summed E-state index contributed by atoms with van der Waals surface area (Å²) >= 11 is 2.27. The van der Waals surface area contributed by atoms with E-state index in [2.05, 4.69) is 22.6 Å². The predicted octanol–water partition coefficient (Wildman–Crippen LogP) is 1.09. The van der Waals surface area contributed by atoms with Crippen molar-refractivity contribution in [2.75, 3.05) is 13.1 Å². The summed E-state index contributed by atoms with van der Waals surface area (Å²) in [5, 5.41) is 0. The monoisotopic (exact) mass is 252 g/mol. The highest BCUT2D eigenvalue weighted by Crippen LogP contribution is 2.15. The summed E-state index contributed by atoms with van der Waals surface area (Å²) in [6.45, 7) is 1.44. The number of nitrogens with zero attached hydrogens (tertiary/aromatic N) is 1. The van der Waals surface area contributed by atoms with E-state index in [0.717, 1.165) is 13.0 Å². The van der Waals surface area contributed by atoms with E-state index in [1.807, 2.05) is 6.08 Å². The Morgan fingerprint density at radius 3 is 2.90 bits per heavy atom. The Kier molecular flexibility index (Phi) is 2.53. The van der Waals surface area contributed by atoms with Crippen molar-refractivity contribution in [1.29, 1.82) is 0 Å². The second-order valence-electron chi connectivity index (χ2n) is 2.19. The van der Waals surface area contributed by atoms with E-state index in [9.17, 15) is 4.79 Å². The van der Waals surface area contributed by atoms with Crippen molar-refractivity contribution in [2.24, 2.45) is 5.73 Å². The molecule has 0 aromatic carbocycles. The minimum Gasteiger partial charge on any atom is -0.351 e. The van der Waals surface area contributed by atoms with Gasteiger partial charge in [-0.15, -0.1) is 0 Å². The Hall–Kier alpha value is -0.260. The summed E-state index contributed by atoms with van der Waals surface area (Å²) in [4.78, 5) is 12.2. The van der Waals surface area contributed by atoms with Gasteiger partial charge in [0.25, 0.3) is 0 Å². The summed E-state index contributed by atoms with van der Waals surface area (Å²) < 4.78 is 1.31. The van der Waals surface area contributed by atoms with Crippen molar-refractivity contribution in [3.63, 3.8) is 0 Å². The number of rotatable bonds is 0. The molecule has 0 bridgehead atoms. The van der Waals surface area contributed by atoms with Gasteiger partial charge in [-0.25, -0.2) is 4.79 Å². The Labute approximate surface area is 73.4 Å². The smallest absolute Gasteiger partial charge is 0.315 e. The van der Waals surface area contributed by atoms with Gasteiger partial charge in [-0.3, -0.25) is 0 Å². The lowest BCUT2D eigenvalue weighted by Gasteiger charge is -2.22. The molecule has 0 unspecified atom stereocenters. The van der Waals surface area contributed by atoms with Crippen LogP contribution in [0.5, 0.6) is 0 Å². The van der Waals surface area contributed by atoms with Gasteiger partial charge in [-0.2, -0.15) is 0 Å². The largest absolute Gasteiger partial charge is 0.351 e. The van der Waals surface area contributed by atoms with Crippen LogP contribution in [0.3, 0.4) is 0 Å². The average molecular weight is 252 g/mol. The highest BCUT2D eigenvalue weighted by Gasteiger charge is 2.11. The first-order chi connectivity index (χ1) is 4.70. The zero-order chi connectivity index (χ0) is 7.56. The van der Waals surface area contributed by atoms with Crippen molar-refractivity contribution in [3.8, 4) is 0 Å². The van der Waals surface area contributed by atoms with Gasteiger partial charge in [0.2, 0.25) is 0 Å². The third kappa shape index (κ3) is 1.86. The molecule has 0 aromatic heterocycles. The molecule has 2 N–H and O–H groups in total. The predicted molar refractivity (Wildman–Crippen MR) is 47.9 cm³/mol. The molecule has 1 aliphatic heterocycles. The first kappa shape index (κ1) is 7.84. The maximum Gasteiger partial charge on any atom is 0.315 e. The van der Waals surface area contributed by atoms with Crippen LogP contribution >= 0.6 is 22.6 Å². The first-order valence-corrected chi connectivity index (χ1v) is 4.17. The Morgan fingerprint density at radius 2 is 2.50 bits per heavy atom. The molecular formula is C6H9IN2O. The van der Waals surface area contributed by atoms with E-state index in [0.29, 0.717) is 6.54 Å². The van der Waals surface area contributed by atoms with Crippen molar-refractivity contribution >= 4 is 28.6 Å². The van der Waals surface area contributed by atoms with Gasteiger partial charge in [-0.1, -0.05) is 6.08 Å². The molecule has 2 amide bonds. The molecule has 10 heavy (non-hydrogen) atoms. The second-order valence-corrected chi connectivity index (χ2v) is 3.57. The lowest BCUT2D eigenvalue weighted by molar-refractivity contribution is 0.212. The van der Waals surface area contributed by atoms with E-state index in [1.54, 1.807) is 4.90 Å². The maximum atomic E-state index is 10.6. The molecule has 0 spiro atoms. The van der Waals surface area contributed by atoms with Gasteiger partial charge in [0, 0.05) is 13.1 Å². The fourth-order valence-corrected chi connectivity index (χ4v) is 1.28. The molecule has 0 aliphatic carbocycles. The molecule has 0 aromatic rings. The number of primary amides is 1. The molecule has 0 saturated carbocycles. The fraction of sp³-hybridized carbons (Fsp3) is 0.500. The molecular weight excluding hydrogens is 243 g/mol. The highest BCUT2D eigenvalue weighted by molar-refractivity contribution is 14.1. The normalized spacial score (nSPS) is 18.5. The van der Waals surface area contributed by atoms with Crippen LogP contribution in [0.4, 0.5) is 4.79 Å². The zero-order valence-electron chi connectivity index (χ0n) is 5.51. The molecule has 56 valence electrons. The maximum absolute atomic E-state index is 10.6. The summed E-state index contributed by atoms with van der Waals surface area (Å²) in [6.07, 6.45) is 2.97. The molecule has 3 nitrogen and oxygen atoms in total. The van der Waals surface area contributed by atoms with E-state index in [4.69, 9.17) is 5.73 Å². The summed E-state index contributed by atoms with van der Waals surface area (Å²) in [7, 11) is 0. The van der Waals surface area contributed by atoms with Crippen LogP contribution in [0.15, 0.2) is 9.66 Å². The number of nitrogens with two attached hydrogens (primary N) is 1. The van der Waals surface area contributed by atoms with Gasteiger partial charge >= 0.3 is 6.03 Å². The van der Waals surface area contributed by atoms with E-state index >= 15 is 0 Å². The Morgan fingerprint density at radius 1 is 1.80 bits per heavy atom. The van der Waals surface area contributed by atoms with Gasteiger partial charge in [0.05, 0.1) is 0 Å². The van der Waals surface area contributed by atoms with Crippen LogP contribution < -0.4 is 5.73 Å². The lowest BCUT2D eigenvalue weighted by atomic mass is 10.3. The van der Waals surface area contributed by atoms with Crippen LogP contribution in [-0.4, -0.2) is 24.0 Å². The topological polar surface area (TPSA) is 46.3 Å². The van der Waals surface area contributed by atoms with Crippen LogP contribution in [0.1, 0.15) is 6.42 Å². The second kappa shape index (κ2) is 3.23. The van der Waals surface area contributed by atoms with Crippen LogP contribution in [0, 0.1) is 0 Å². The number of hydrogen-bond acceptors (Lipinski definition) is 1. The van der Waals surface area contributed by atoms with Crippen molar-refractivity contribution < 1.29 is 4.79 Å². The van der Waals surface area contributed by atoms with Crippen LogP contribution in [-0.2, 0) is 0 Å². The van der Waals surface area contributed by atoms with Gasteiger partial charge in [0.1, 0.15) is 0 Å². The molecule has 1 heterocycles. The molecule has 1 aliphatic rings. The van der Waals surface area contributed by atoms with Gasteiger partial charge in [0.15, 0.2) is 0 Å². The Bertz CT molecular complexity index is 179. The van der Waals surface area contributed by atoms with E-state index in [1.165, 1.54) is 3.58 Å². The lowest BCUT2D eigenvalue weighted by Crippen LogP contribution is -2.38. The van der Waals surface area contributed by atoms with Crippen LogP contribution in [0.25, 0.3) is 0 Å². The zero-order valence-corrected chi connectivity index (χ0v) is 7.67. The standard InChI is InChI=1S/C6H9IN2O/c7-5-1-3-9(4-2-5)6(8)10/h1H,2-4H2,(H2,8,10). The molecule has 4 heteroatoms. The Balaban J connectivity index is 2.50. The van der Waals surface area contributed by atoms with Gasteiger partial charge in [-0.05, 0) is 32.6 Å². The average Bonchev–Trinajstić information content (AvgIpc) is 1.88. The molecule has 0 saturated heterocycles. The van der Waals surface area contributed by atoms with Crippen molar-refractivity contribution in [2.45, 2.75) is 6.42 Å². The number of carbonyl (C=O) groups is 1. The molecule has 0 fully saturated rings. The minimum absolute atomic E-state index is 0.319. The number of halogens is 1. The molecule has 1 rings (SSSR count). The third-order valence-corrected chi connectivity index (χ3v) is 2.45. The fourth-order valence-electron chi connectivity index (χ4n) is 0.845. The first-order valence-electron chi connectivity index (χ1n) is 3.09. The SMILES string of the molecule is NC(=O)N1CC=C(I)CC1. The van der Waals surface area contributed by atoms with Crippen molar-refractivity contribution in [1.82, 2.24) is 4.90 Å². The van der Waals surface area contributed by atoms with E-state index < -0.39 is 0 Å². The number of urea groups is 1.